The number of nitrogens with zero attached hydrogens (tertiary/aromatic N) is 5. The second-order valence-corrected chi connectivity index (χ2v) is 7.04. The summed E-state index contributed by atoms with van der Waals surface area (Å²) in [4.78, 5) is 11.7. The molecule has 24 heavy (non-hydrogen) atoms. The molecule has 0 bridgehead atoms. The molecule has 1 aliphatic heterocycles. The van der Waals surface area contributed by atoms with Crippen LogP contribution in [0.5, 0.6) is 0 Å². The largest absolute Gasteiger partial charge is 0.338 e. The normalized spacial score (nSPS) is 19.2. The van der Waals surface area contributed by atoms with E-state index in [0.29, 0.717) is 5.92 Å². The second kappa shape index (κ2) is 6.40. The fourth-order valence-corrected chi connectivity index (χ4v) is 3.86. The first-order valence-corrected chi connectivity index (χ1v) is 8.81. The molecule has 4 rings (SSSR count). The third kappa shape index (κ3) is 2.96. The van der Waals surface area contributed by atoms with Crippen LogP contribution in [0.2, 0.25) is 0 Å². The predicted octanol–water partition coefficient (Wildman–Crippen LogP) is 2.83. The zero-order valence-corrected chi connectivity index (χ0v) is 14.5. The second-order valence-electron chi connectivity index (χ2n) is 7.04. The highest BCUT2D eigenvalue weighted by Gasteiger charge is 2.22. The van der Waals surface area contributed by atoms with Crippen LogP contribution in [0.25, 0.3) is 5.65 Å². The van der Waals surface area contributed by atoms with Crippen molar-refractivity contribution in [3.63, 3.8) is 0 Å². The van der Waals surface area contributed by atoms with Crippen molar-refractivity contribution in [1.29, 1.82) is 0 Å². The number of fused-ring (bicyclic) bond motifs is 1. The van der Waals surface area contributed by atoms with Crippen LogP contribution >= 0.6 is 0 Å². The summed E-state index contributed by atoms with van der Waals surface area (Å²) in [7, 11) is 2.09. The molecule has 0 spiro atoms. The van der Waals surface area contributed by atoms with Gasteiger partial charge in [0.25, 0.3) is 0 Å². The van der Waals surface area contributed by atoms with Crippen LogP contribution in [0.4, 0.5) is 0 Å². The zero-order valence-electron chi connectivity index (χ0n) is 14.5. The molecule has 5 nitrogen and oxygen atoms in total. The fraction of sp³-hybridized carbons (Fsp3) is 0.474. The molecule has 0 aliphatic carbocycles. The number of pyridine rings is 1. The highest BCUT2D eigenvalue weighted by molar-refractivity contribution is 5.48. The quantitative estimate of drug-likeness (QED) is 0.741. The van der Waals surface area contributed by atoms with E-state index in [1.807, 2.05) is 18.6 Å². The first kappa shape index (κ1) is 15.4. The van der Waals surface area contributed by atoms with Gasteiger partial charge in [-0.2, -0.15) is 0 Å². The number of aromatic nitrogens is 4. The van der Waals surface area contributed by atoms with Crippen molar-refractivity contribution >= 4 is 5.65 Å². The average molecular weight is 323 g/mol. The molecule has 126 valence electrons. The van der Waals surface area contributed by atoms with Crippen molar-refractivity contribution in [1.82, 2.24) is 23.8 Å². The SMILES string of the molecule is Cc1cccn2c(CN3CCC[C@@H](Cc4nccn4C)C3)cnc12. The molecular formula is C19H25N5. The van der Waals surface area contributed by atoms with E-state index < -0.39 is 0 Å². The lowest BCUT2D eigenvalue weighted by molar-refractivity contribution is 0.163. The fourth-order valence-electron chi connectivity index (χ4n) is 3.86. The van der Waals surface area contributed by atoms with Gasteiger partial charge >= 0.3 is 0 Å². The van der Waals surface area contributed by atoms with Gasteiger partial charge in [-0.15, -0.1) is 0 Å². The molecule has 0 radical (unpaired) electrons. The van der Waals surface area contributed by atoms with Crippen molar-refractivity contribution in [3.05, 3.63) is 54.0 Å². The van der Waals surface area contributed by atoms with Crippen LogP contribution < -0.4 is 0 Å². The molecule has 3 aromatic rings. The smallest absolute Gasteiger partial charge is 0.139 e. The molecule has 0 N–H and O–H groups in total. The van der Waals surface area contributed by atoms with Gasteiger partial charge < -0.3 is 8.97 Å². The number of aryl methyl sites for hydroxylation is 2. The summed E-state index contributed by atoms with van der Waals surface area (Å²) in [6.45, 7) is 5.42. The molecule has 1 saturated heterocycles. The van der Waals surface area contributed by atoms with Crippen molar-refractivity contribution in [2.24, 2.45) is 13.0 Å². The minimum absolute atomic E-state index is 0.695. The van der Waals surface area contributed by atoms with E-state index in [-0.39, 0.29) is 0 Å². The monoisotopic (exact) mass is 323 g/mol. The first-order chi connectivity index (χ1) is 11.7. The summed E-state index contributed by atoms with van der Waals surface area (Å²) in [5.74, 6) is 1.90. The molecule has 0 saturated carbocycles. The third-order valence-corrected chi connectivity index (χ3v) is 5.19. The standard InChI is InChI=1S/C19H25N5/c1-15-5-3-9-24-17(12-21-19(15)24)14-23-8-4-6-16(13-23)11-18-20-7-10-22(18)2/h3,5,7,9-10,12,16H,4,6,8,11,13-14H2,1-2H3/t16-/m0/s1. The number of likely N-dealkylation sites (tertiary alicyclic amines) is 1. The van der Waals surface area contributed by atoms with Gasteiger partial charge in [-0.1, -0.05) is 6.07 Å². The molecule has 4 heterocycles. The topological polar surface area (TPSA) is 38.4 Å². The molecular weight excluding hydrogens is 298 g/mol. The summed E-state index contributed by atoms with van der Waals surface area (Å²) in [6, 6.07) is 4.23. The van der Waals surface area contributed by atoms with Crippen LogP contribution in [0.1, 0.15) is 29.9 Å². The minimum Gasteiger partial charge on any atom is -0.338 e. The van der Waals surface area contributed by atoms with Crippen molar-refractivity contribution in [2.75, 3.05) is 13.1 Å². The number of hydrogen-bond donors (Lipinski definition) is 0. The van der Waals surface area contributed by atoms with Crippen LogP contribution in [0, 0.1) is 12.8 Å². The van der Waals surface area contributed by atoms with Crippen LogP contribution in [-0.2, 0) is 20.0 Å². The van der Waals surface area contributed by atoms with E-state index in [2.05, 4.69) is 56.1 Å². The van der Waals surface area contributed by atoms with Crippen molar-refractivity contribution in [2.45, 2.75) is 32.7 Å². The Hall–Kier alpha value is -2.14. The van der Waals surface area contributed by atoms with Crippen LogP contribution in [0.3, 0.4) is 0 Å². The maximum Gasteiger partial charge on any atom is 0.139 e. The Kier molecular flexibility index (Phi) is 4.10. The Labute approximate surface area is 143 Å². The van der Waals surface area contributed by atoms with Gasteiger partial charge in [-0.3, -0.25) is 4.90 Å². The number of hydrogen-bond acceptors (Lipinski definition) is 3. The summed E-state index contributed by atoms with van der Waals surface area (Å²) < 4.78 is 4.38. The predicted molar refractivity (Wildman–Crippen MR) is 94.8 cm³/mol. The minimum atomic E-state index is 0.695. The van der Waals surface area contributed by atoms with Gasteiger partial charge in [0.15, 0.2) is 0 Å². The van der Waals surface area contributed by atoms with Crippen molar-refractivity contribution < 1.29 is 0 Å². The van der Waals surface area contributed by atoms with E-state index >= 15 is 0 Å². The van der Waals surface area contributed by atoms with Gasteiger partial charge in [0.1, 0.15) is 11.5 Å². The van der Waals surface area contributed by atoms with Crippen LogP contribution in [0.15, 0.2) is 36.9 Å². The van der Waals surface area contributed by atoms with E-state index in [1.54, 1.807) is 0 Å². The maximum absolute atomic E-state index is 4.60. The van der Waals surface area contributed by atoms with Crippen molar-refractivity contribution in [3.8, 4) is 0 Å². The highest BCUT2D eigenvalue weighted by atomic mass is 15.2. The molecule has 0 amide bonds. The molecule has 1 fully saturated rings. The summed E-state index contributed by atoms with van der Waals surface area (Å²) in [5, 5.41) is 0. The molecule has 0 aromatic carbocycles. The first-order valence-electron chi connectivity index (χ1n) is 8.81. The Balaban J connectivity index is 1.46. The Bertz CT molecular complexity index is 831. The Morgan fingerprint density at radius 1 is 1.25 bits per heavy atom. The molecule has 3 aromatic heterocycles. The maximum atomic E-state index is 4.60. The van der Waals surface area contributed by atoms with E-state index in [9.17, 15) is 0 Å². The number of piperidine rings is 1. The zero-order chi connectivity index (χ0) is 16.5. The van der Waals surface area contributed by atoms with Gasteiger partial charge in [0, 0.05) is 45.1 Å². The summed E-state index contributed by atoms with van der Waals surface area (Å²) in [5.41, 5.74) is 3.59. The molecule has 1 atom stereocenters. The van der Waals surface area contributed by atoms with E-state index in [4.69, 9.17) is 0 Å². The lowest BCUT2D eigenvalue weighted by Crippen LogP contribution is -2.36. The molecule has 1 aliphatic rings. The third-order valence-electron chi connectivity index (χ3n) is 5.19. The van der Waals surface area contributed by atoms with Crippen LogP contribution in [-0.4, -0.2) is 36.9 Å². The van der Waals surface area contributed by atoms with E-state index in [1.165, 1.54) is 36.5 Å². The van der Waals surface area contributed by atoms with Gasteiger partial charge in [-0.05, 0) is 43.9 Å². The highest BCUT2D eigenvalue weighted by Crippen LogP contribution is 2.22. The van der Waals surface area contributed by atoms with Gasteiger partial charge in [0.05, 0.1) is 11.9 Å². The Morgan fingerprint density at radius 3 is 3.00 bits per heavy atom. The van der Waals surface area contributed by atoms with Gasteiger partial charge in [0.2, 0.25) is 0 Å². The summed E-state index contributed by atoms with van der Waals surface area (Å²) >= 11 is 0. The van der Waals surface area contributed by atoms with E-state index in [0.717, 1.165) is 25.2 Å². The summed E-state index contributed by atoms with van der Waals surface area (Å²) in [6.07, 6.45) is 11.7. The number of rotatable bonds is 4. The van der Waals surface area contributed by atoms with Gasteiger partial charge in [-0.25, -0.2) is 9.97 Å². The number of imidazole rings is 2. The molecule has 5 heteroatoms. The Morgan fingerprint density at radius 2 is 2.17 bits per heavy atom. The lowest BCUT2D eigenvalue weighted by Gasteiger charge is -2.32. The average Bonchev–Trinajstić information content (AvgIpc) is 3.16. The lowest BCUT2D eigenvalue weighted by atomic mass is 9.94. The molecule has 0 unspecified atom stereocenters.